The number of esters is 1. The van der Waals surface area contributed by atoms with Crippen molar-refractivity contribution in [3.05, 3.63) is 90.5 Å². The molecule has 8 heteroatoms. The van der Waals surface area contributed by atoms with Crippen LogP contribution in [0, 0.1) is 11.6 Å². The maximum absolute atomic E-state index is 13.8. The molecule has 0 N–H and O–H groups in total. The molecule has 3 heterocycles. The molecule has 0 radical (unpaired) electrons. The van der Waals surface area contributed by atoms with Crippen molar-refractivity contribution in [2.75, 3.05) is 7.11 Å². The monoisotopic (exact) mass is 456 g/mol. The van der Waals surface area contributed by atoms with E-state index in [1.807, 2.05) is 12.1 Å². The highest BCUT2D eigenvalue weighted by Crippen LogP contribution is 2.43. The van der Waals surface area contributed by atoms with Crippen molar-refractivity contribution in [1.29, 1.82) is 0 Å². The van der Waals surface area contributed by atoms with Crippen molar-refractivity contribution >= 4 is 17.1 Å². The number of rotatable bonds is 4. The molecular weight excluding hydrogens is 438 g/mol. The van der Waals surface area contributed by atoms with Gasteiger partial charge in [0.05, 0.1) is 18.3 Å². The molecule has 2 aromatic carbocycles. The molecule has 5 aromatic rings. The van der Waals surface area contributed by atoms with Crippen molar-refractivity contribution in [3.63, 3.8) is 0 Å². The molecule has 0 amide bonds. The Morgan fingerprint density at radius 1 is 0.794 bits per heavy atom. The summed E-state index contributed by atoms with van der Waals surface area (Å²) in [5, 5.41) is 0. The van der Waals surface area contributed by atoms with Gasteiger partial charge in [-0.2, -0.15) is 0 Å². The minimum atomic E-state index is -0.612. The van der Waals surface area contributed by atoms with Gasteiger partial charge in [-0.1, -0.05) is 12.1 Å². The number of hydrogen-bond donors (Lipinski definition) is 0. The Hall–Kier alpha value is -4.46. The van der Waals surface area contributed by atoms with Crippen LogP contribution in [0.2, 0.25) is 0 Å². The number of pyridine rings is 2. The molecule has 34 heavy (non-hydrogen) atoms. The van der Waals surface area contributed by atoms with Crippen LogP contribution in [0.5, 0.6) is 0 Å². The Kier molecular flexibility index (Phi) is 5.33. The molecule has 0 aliphatic carbocycles. The second-order valence-corrected chi connectivity index (χ2v) is 7.62. The van der Waals surface area contributed by atoms with E-state index in [0.717, 1.165) is 5.56 Å². The normalized spacial score (nSPS) is 11.1. The highest BCUT2D eigenvalue weighted by atomic mass is 19.1. The Bertz CT molecular complexity index is 1510. The van der Waals surface area contributed by atoms with Gasteiger partial charge in [0, 0.05) is 36.1 Å². The van der Waals surface area contributed by atoms with Gasteiger partial charge in [0.1, 0.15) is 11.6 Å². The number of nitrogens with zero attached hydrogens (tertiary/aromatic N) is 4. The number of fused-ring (bicyclic) bond motifs is 1. The summed E-state index contributed by atoms with van der Waals surface area (Å²) >= 11 is 0. The van der Waals surface area contributed by atoms with Gasteiger partial charge in [-0.25, -0.2) is 23.5 Å². The van der Waals surface area contributed by atoms with E-state index in [-0.39, 0.29) is 17.5 Å². The highest BCUT2D eigenvalue weighted by Gasteiger charge is 2.26. The number of ether oxygens (including phenoxy) is 1. The Labute approximate surface area is 193 Å². The third-order valence-corrected chi connectivity index (χ3v) is 5.61. The van der Waals surface area contributed by atoms with Crippen LogP contribution in [-0.2, 0) is 11.8 Å². The maximum atomic E-state index is 13.8. The molecule has 0 saturated heterocycles. The van der Waals surface area contributed by atoms with E-state index < -0.39 is 5.97 Å². The van der Waals surface area contributed by atoms with Crippen molar-refractivity contribution in [1.82, 2.24) is 19.5 Å². The summed E-state index contributed by atoms with van der Waals surface area (Å²) in [6.45, 7) is 0. The fourth-order valence-corrected chi connectivity index (χ4v) is 4.03. The topological polar surface area (TPSA) is 69.9 Å². The fraction of sp³-hybridized carbons (Fsp3) is 0.0769. The Morgan fingerprint density at radius 2 is 1.35 bits per heavy atom. The van der Waals surface area contributed by atoms with E-state index >= 15 is 0 Å². The van der Waals surface area contributed by atoms with Gasteiger partial charge < -0.3 is 9.30 Å². The summed E-state index contributed by atoms with van der Waals surface area (Å²) in [6.07, 6.45) is 3.32. The lowest BCUT2D eigenvalue weighted by Crippen LogP contribution is -2.09. The van der Waals surface area contributed by atoms with Crippen LogP contribution in [-0.4, -0.2) is 32.6 Å². The first-order valence-electron chi connectivity index (χ1n) is 10.4. The standard InChI is InChI=1S/C26H18F2N4O2/c1-32-23-21(15-3-7-18(27)8-4-15)20(16-11-13-29-14-12-16)22(17-5-9-19(28)10-6-17)30-24(23)31-25(32)26(33)34-2/h3-14H,1-2H3. The quantitative estimate of drug-likeness (QED) is 0.337. The number of benzene rings is 2. The van der Waals surface area contributed by atoms with E-state index in [4.69, 9.17) is 9.72 Å². The molecule has 6 nitrogen and oxygen atoms in total. The molecule has 0 atom stereocenters. The van der Waals surface area contributed by atoms with E-state index in [0.29, 0.717) is 39.1 Å². The molecule has 0 bridgehead atoms. The Balaban J connectivity index is 1.97. The molecule has 0 fully saturated rings. The summed E-state index contributed by atoms with van der Waals surface area (Å²) in [7, 11) is 2.98. The van der Waals surface area contributed by atoms with Gasteiger partial charge in [-0.3, -0.25) is 4.98 Å². The van der Waals surface area contributed by atoms with Crippen molar-refractivity contribution in [2.45, 2.75) is 0 Å². The summed E-state index contributed by atoms with van der Waals surface area (Å²) in [5.41, 5.74) is 4.97. The predicted molar refractivity (Wildman–Crippen MR) is 124 cm³/mol. The minimum absolute atomic E-state index is 0.0743. The molecule has 0 aliphatic heterocycles. The van der Waals surface area contributed by atoms with Crippen LogP contribution < -0.4 is 0 Å². The first-order chi connectivity index (χ1) is 16.5. The second-order valence-electron chi connectivity index (χ2n) is 7.62. The maximum Gasteiger partial charge on any atom is 0.374 e. The van der Waals surface area contributed by atoms with Crippen LogP contribution in [0.3, 0.4) is 0 Å². The smallest absolute Gasteiger partial charge is 0.374 e. The zero-order valence-electron chi connectivity index (χ0n) is 18.3. The average Bonchev–Trinajstić information content (AvgIpc) is 3.20. The lowest BCUT2D eigenvalue weighted by molar-refractivity contribution is 0.0583. The van der Waals surface area contributed by atoms with Crippen molar-refractivity contribution in [3.8, 4) is 33.5 Å². The van der Waals surface area contributed by atoms with Gasteiger partial charge in [-0.15, -0.1) is 0 Å². The third kappa shape index (κ3) is 3.59. The number of hydrogen-bond acceptors (Lipinski definition) is 5. The van der Waals surface area contributed by atoms with Gasteiger partial charge in [0.2, 0.25) is 5.82 Å². The molecule has 0 aliphatic rings. The third-order valence-electron chi connectivity index (χ3n) is 5.61. The summed E-state index contributed by atoms with van der Waals surface area (Å²) in [6, 6.07) is 15.7. The zero-order chi connectivity index (χ0) is 23.8. The molecule has 0 saturated carbocycles. The first-order valence-corrected chi connectivity index (χ1v) is 10.4. The van der Waals surface area contributed by atoms with E-state index in [2.05, 4.69) is 9.97 Å². The van der Waals surface area contributed by atoms with Crippen LogP contribution >= 0.6 is 0 Å². The molecule has 5 rings (SSSR count). The second kappa shape index (κ2) is 8.47. The number of methoxy groups -OCH3 is 1. The van der Waals surface area contributed by atoms with E-state index in [9.17, 15) is 13.6 Å². The number of imidazole rings is 1. The number of carbonyl (C=O) groups excluding carboxylic acids is 1. The van der Waals surface area contributed by atoms with E-state index in [1.165, 1.54) is 31.4 Å². The molecule has 0 spiro atoms. The molecular formula is C26H18F2N4O2. The number of halogens is 2. The van der Waals surface area contributed by atoms with Gasteiger partial charge in [0.25, 0.3) is 0 Å². The predicted octanol–water partition coefficient (Wildman–Crippen LogP) is 5.43. The van der Waals surface area contributed by atoms with E-state index in [1.54, 1.807) is 48.3 Å². The first kappa shape index (κ1) is 21.4. The largest absolute Gasteiger partial charge is 0.463 e. The van der Waals surface area contributed by atoms with Gasteiger partial charge in [-0.05, 0) is 59.7 Å². The summed E-state index contributed by atoms with van der Waals surface area (Å²) < 4.78 is 34.1. The number of aryl methyl sites for hydroxylation is 1. The van der Waals surface area contributed by atoms with Crippen molar-refractivity contribution in [2.24, 2.45) is 7.05 Å². The number of carbonyl (C=O) groups is 1. The van der Waals surface area contributed by atoms with Gasteiger partial charge >= 0.3 is 5.97 Å². The lowest BCUT2D eigenvalue weighted by atomic mass is 9.90. The SMILES string of the molecule is COC(=O)c1nc2nc(-c3ccc(F)cc3)c(-c3ccncc3)c(-c3ccc(F)cc3)c2n1C. The van der Waals surface area contributed by atoms with Crippen LogP contribution in [0.4, 0.5) is 8.78 Å². The molecule has 3 aromatic heterocycles. The van der Waals surface area contributed by atoms with Crippen LogP contribution in [0.1, 0.15) is 10.6 Å². The Morgan fingerprint density at radius 3 is 1.94 bits per heavy atom. The minimum Gasteiger partial charge on any atom is -0.463 e. The van der Waals surface area contributed by atoms with Gasteiger partial charge in [0.15, 0.2) is 5.65 Å². The molecule has 168 valence electrons. The highest BCUT2D eigenvalue weighted by molar-refractivity contribution is 6.06. The zero-order valence-corrected chi connectivity index (χ0v) is 18.3. The average molecular weight is 456 g/mol. The lowest BCUT2D eigenvalue weighted by Gasteiger charge is -2.17. The molecule has 0 unspecified atom stereocenters. The summed E-state index contributed by atoms with van der Waals surface area (Å²) in [5.74, 6) is -1.29. The van der Waals surface area contributed by atoms with Crippen LogP contribution in [0.15, 0.2) is 73.1 Å². The number of aromatic nitrogens is 4. The van der Waals surface area contributed by atoms with Crippen LogP contribution in [0.25, 0.3) is 44.7 Å². The summed E-state index contributed by atoms with van der Waals surface area (Å²) in [4.78, 5) is 25.8. The fourth-order valence-electron chi connectivity index (χ4n) is 4.03. The van der Waals surface area contributed by atoms with Crippen molar-refractivity contribution < 1.29 is 18.3 Å².